The summed E-state index contributed by atoms with van der Waals surface area (Å²) in [6, 6.07) is 0. The van der Waals surface area contributed by atoms with Crippen molar-refractivity contribution in [1.29, 1.82) is 0 Å². The molecule has 1 aliphatic carbocycles. The molecule has 0 amide bonds. The van der Waals surface area contributed by atoms with Crippen LogP contribution in [-0.2, 0) is 9.59 Å². The number of carbonyl (C=O) groups excluding carboxylic acids is 2. The van der Waals surface area contributed by atoms with Crippen LogP contribution in [0.4, 0.5) is 0 Å². The summed E-state index contributed by atoms with van der Waals surface area (Å²) >= 11 is 0. The molecule has 0 N–H and O–H groups in total. The highest BCUT2D eigenvalue weighted by Gasteiger charge is 2.16. The van der Waals surface area contributed by atoms with Gasteiger partial charge in [-0.25, -0.2) is 0 Å². The number of hydrogen-bond acceptors (Lipinski definition) is 2. The molecule has 0 saturated heterocycles. The fourth-order valence-corrected chi connectivity index (χ4v) is 1.08. The van der Waals surface area contributed by atoms with Gasteiger partial charge in [0.05, 0.1) is 0 Å². The largest absolute Gasteiger partial charge is 0.290 e. The fraction of sp³-hybridized carbons (Fsp3) is 0.400. The quantitative estimate of drug-likeness (QED) is 0.552. The number of allylic oxidation sites excluding steroid dienone is 4. The summed E-state index contributed by atoms with van der Waals surface area (Å²) in [5.74, 6) is -0.352. The molecule has 2 nitrogen and oxygen atoms in total. The molecular formula is C10H12O2. The monoisotopic (exact) mass is 164 g/mol. The van der Waals surface area contributed by atoms with Crippen LogP contribution in [0.1, 0.15) is 20.3 Å². The van der Waals surface area contributed by atoms with Crippen molar-refractivity contribution in [3.63, 3.8) is 0 Å². The molecule has 0 aliphatic heterocycles. The van der Waals surface area contributed by atoms with E-state index in [9.17, 15) is 9.59 Å². The fourth-order valence-electron chi connectivity index (χ4n) is 1.08. The predicted octanol–water partition coefficient (Wildman–Crippen LogP) is 1.67. The minimum absolute atomic E-state index is 0.281. The van der Waals surface area contributed by atoms with E-state index in [1.165, 1.54) is 6.08 Å². The lowest BCUT2D eigenvalue weighted by molar-refractivity contribution is -0.133. The Morgan fingerprint density at radius 2 is 2.00 bits per heavy atom. The maximum Gasteiger partial charge on any atom is 0.221 e. The SMILES string of the molecule is CC(C)C1=CC=CC(=O)C(=O)C1. The predicted molar refractivity (Wildman–Crippen MR) is 46.7 cm³/mol. The molecule has 0 atom stereocenters. The number of ketones is 2. The summed E-state index contributed by atoms with van der Waals surface area (Å²) in [5.41, 5.74) is 1.03. The molecule has 0 unspecified atom stereocenters. The molecule has 0 spiro atoms. The third-order valence-corrected chi connectivity index (χ3v) is 1.94. The molecule has 12 heavy (non-hydrogen) atoms. The van der Waals surface area contributed by atoms with Crippen LogP contribution in [-0.4, -0.2) is 11.6 Å². The smallest absolute Gasteiger partial charge is 0.221 e. The molecule has 0 aromatic carbocycles. The lowest BCUT2D eigenvalue weighted by atomic mass is 9.98. The van der Waals surface area contributed by atoms with E-state index in [0.29, 0.717) is 5.92 Å². The van der Waals surface area contributed by atoms with Crippen molar-refractivity contribution in [3.8, 4) is 0 Å². The van der Waals surface area contributed by atoms with Crippen molar-refractivity contribution in [3.05, 3.63) is 23.8 Å². The summed E-state index contributed by atoms with van der Waals surface area (Å²) < 4.78 is 0. The molecule has 0 saturated carbocycles. The normalized spacial score (nSPS) is 18.1. The topological polar surface area (TPSA) is 34.1 Å². The van der Waals surface area contributed by atoms with E-state index in [1.54, 1.807) is 6.08 Å². The average Bonchev–Trinajstić information content (AvgIpc) is 2.15. The Balaban J connectivity index is 2.84. The summed E-state index contributed by atoms with van der Waals surface area (Å²) in [5, 5.41) is 0. The zero-order valence-electron chi connectivity index (χ0n) is 7.33. The van der Waals surface area contributed by atoms with Crippen LogP contribution in [0.5, 0.6) is 0 Å². The summed E-state index contributed by atoms with van der Waals surface area (Å²) in [6.07, 6.45) is 5.12. The van der Waals surface area contributed by atoms with Gasteiger partial charge >= 0.3 is 0 Å². The van der Waals surface area contributed by atoms with Gasteiger partial charge in [-0.05, 0) is 12.0 Å². The van der Waals surface area contributed by atoms with Crippen molar-refractivity contribution >= 4 is 11.6 Å². The number of carbonyl (C=O) groups is 2. The first kappa shape index (κ1) is 8.91. The van der Waals surface area contributed by atoms with E-state index in [-0.39, 0.29) is 18.0 Å². The standard InChI is InChI=1S/C10H12O2/c1-7(2)8-4-3-5-9(11)10(12)6-8/h3-5,7H,6H2,1-2H3. The molecule has 1 aliphatic rings. The van der Waals surface area contributed by atoms with Crippen LogP contribution in [0, 0.1) is 5.92 Å². The van der Waals surface area contributed by atoms with Crippen LogP contribution in [0.25, 0.3) is 0 Å². The van der Waals surface area contributed by atoms with E-state index in [2.05, 4.69) is 0 Å². The molecule has 0 aromatic rings. The minimum Gasteiger partial charge on any atom is -0.290 e. The van der Waals surface area contributed by atoms with Crippen LogP contribution in [0.15, 0.2) is 23.8 Å². The molecule has 0 heterocycles. The van der Waals surface area contributed by atoms with Gasteiger partial charge in [0.15, 0.2) is 0 Å². The van der Waals surface area contributed by atoms with Gasteiger partial charge in [0.2, 0.25) is 11.6 Å². The first-order chi connectivity index (χ1) is 5.61. The third kappa shape index (κ3) is 1.91. The Morgan fingerprint density at radius 3 is 2.58 bits per heavy atom. The Bertz CT molecular complexity index is 270. The van der Waals surface area contributed by atoms with Crippen LogP contribution in [0.2, 0.25) is 0 Å². The van der Waals surface area contributed by atoms with Gasteiger partial charge in [0.25, 0.3) is 0 Å². The van der Waals surface area contributed by atoms with Gasteiger partial charge in [0, 0.05) is 6.42 Å². The van der Waals surface area contributed by atoms with Crippen molar-refractivity contribution in [2.75, 3.05) is 0 Å². The van der Waals surface area contributed by atoms with Crippen molar-refractivity contribution in [2.24, 2.45) is 5.92 Å². The van der Waals surface area contributed by atoms with Crippen molar-refractivity contribution in [1.82, 2.24) is 0 Å². The molecule has 0 fully saturated rings. The first-order valence-electron chi connectivity index (χ1n) is 4.05. The maximum absolute atomic E-state index is 11.1. The third-order valence-electron chi connectivity index (χ3n) is 1.94. The van der Waals surface area contributed by atoms with E-state index >= 15 is 0 Å². The minimum atomic E-state index is -0.387. The molecule has 64 valence electrons. The Hall–Kier alpha value is -1.18. The lowest BCUT2D eigenvalue weighted by Crippen LogP contribution is -2.11. The van der Waals surface area contributed by atoms with Gasteiger partial charge < -0.3 is 0 Å². The van der Waals surface area contributed by atoms with E-state index < -0.39 is 0 Å². The second-order valence-corrected chi connectivity index (χ2v) is 3.22. The Labute approximate surface area is 72.0 Å². The van der Waals surface area contributed by atoms with E-state index in [1.807, 2.05) is 19.9 Å². The van der Waals surface area contributed by atoms with Crippen molar-refractivity contribution in [2.45, 2.75) is 20.3 Å². The molecule has 2 heteroatoms. The molecular weight excluding hydrogens is 152 g/mol. The number of rotatable bonds is 1. The molecule has 0 bridgehead atoms. The van der Waals surface area contributed by atoms with Crippen LogP contribution < -0.4 is 0 Å². The summed E-state index contributed by atoms with van der Waals surface area (Å²) in [6.45, 7) is 4.03. The second kappa shape index (κ2) is 3.48. The van der Waals surface area contributed by atoms with Gasteiger partial charge in [-0.1, -0.05) is 31.6 Å². The highest BCUT2D eigenvalue weighted by Crippen LogP contribution is 2.16. The highest BCUT2D eigenvalue weighted by molar-refractivity contribution is 6.42. The maximum atomic E-state index is 11.1. The van der Waals surface area contributed by atoms with Gasteiger partial charge in [-0.2, -0.15) is 0 Å². The molecule has 1 rings (SSSR count). The highest BCUT2D eigenvalue weighted by atomic mass is 16.2. The van der Waals surface area contributed by atoms with Gasteiger partial charge in [0.1, 0.15) is 0 Å². The average molecular weight is 164 g/mol. The van der Waals surface area contributed by atoms with Crippen LogP contribution in [0.3, 0.4) is 0 Å². The van der Waals surface area contributed by atoms with Gasteiger partial charge in [-0.15, -0.1) is 0 Å². The molecule has 0 aromatic heterocycles. The second-order valence-electron chi connectivity index (χ2n) is 3.22. The van der Waals surface area contributed by atoms with Crippen LogP contribution >= 0.6 is 0 Å². The Kier molecular flexibility index (Phi) is 2.58. The summed E-state index contributed by atoms with van der Waals surface area (Å²) in [4.78, 5) is 22.0. The first-order valence-corrected chi connectivity index (χ1v) is 4.05. The van der Waals surface area contributed by atoms with Crippen molar-refractivity contribution < 1.29 is 9.59 Å². The Morgan fingerprint density at radius 1 is 1.33 bits per heavy atom. The lowest BCUT2D eigenvalue weighted by Gasteiger charge is -2.06. The zero-order chi connectivity index (χ0) is 9.14. The number of Topliss-reactive ketones (excluding diaryl/α,β-unsaturated/α-hetero) is 1. The molecule has 0 radical (unpaired) electrons. The van der Waals surface area contributed by atoms with E-state index in [4.69, 9.17) is 0 Å². The van der Waals surface area contributed by atoms with E-state index in [0.717, 1.165) is 5.57 Å². The number of hydrogen-bond donors (Lipinski definition) is 0. The van der Waals surface area contributed by atoms with Gasteiger partial charge in [-0.3, -0.25) is 9.59 Å². The zero-order valence-corrected chi connectivity index (χ0v) is 7.33. The summed E-state index contributed by atoms with van der Waals surface area (Å²) in [7, 11) is 0.